The Bertz CT molecular complexity index is 706. The average molecular weight is 331 g/mol. The highest BCUT2D eigenvalue weighted by Gasteiger charge is 2.34. The zero-order valence-electron chi connectivity index (χ0n) is 13.7. The Morgan fingerprint density at radius 1 is 1.26 bits per heavy atom. The maximum atomic E-state index is 12.9. The number of hydrogen-bond donors (Lipinski definition) is 0. The third-order valence-electron chi connectivity index (χ3n) is 4.14. The van der Waals surface area contributed by atoms with E-state index in [1.54, 1.807) is 14.2 Å². The molecule has 0 bridgehead atoms. The van der Waals surface area contributed by atoms with Gasteiger partial charge in [0.25, 0.3) is 5.91 Å². The molecule has 1 aromatic heterocycles. The predicted octanol–water partition coefficient (Wildman–Crippen LogP) is 3.88. The van der Waals surface area contributed by atoms with Crippen molar-refractivity contribution in [3.8, 4) is 11.5 Å². The number of hydrogen-bond acceptors (Lipinski definition) is 4. The van der Waals surface area contributed by atoms with Gasteiger partial charge in [0.2, 0.25) is 0 Å². The lowest BCUT2D eigenvalue weighted by Crippen LogP contribution is -2.32. The van der Waals surface area contributed by atoms with Gasteiger partial charge >= 0.3 is 0 Å². The fraction of sp³-hybridized carbons (Fsp3) is 0.389. The van der Waals surface area contributed by atoms with Gasteiger partial charge in [-0.3, -0.25) is 4.79 Å². The molecular weight excluding hydrogens is 310 g/mol. The van der Waals surface area contributed by atoms with Gasteiger partial charge in [0, 0.05) is 24.2 Å². The zero-order valence-corrected chi connectivity index (χ0v) is 14.5. The van der Waals surface area contributed by atoms with Crippen LogP contribution >= 0.6 is 11.3 Å². The molecule has 1 aliphatic carbocycles. The molecule has 1 fully saturated rings. The van der Waals surface area contributed by atoms with Crippen molar-refractivity contribution in [1.29, 1.82) is 0 Å². The number of nitrogens with zero attached hydrogens (tertiary/aromatic N) is 1. The number of carbonyl (C=O) groups excluding carboxylic acids is 1. The molecule has 1 amide bonds. The SMILES string of the molecule is COc1ccc(CN(C(=O)c2sccc2C)C2CC2)c(OC)c1. The Balaban J connectivity index is 1.86. The number of amides is 1. The molecule has 1 aliphatic rings. The fourth-order valence-corrected chi connectivity index (χ4v) is 3.52. The highest BCUT2D eigenvalue weighted by molar-refractivity contribution is 7.12. The standard InChI is InChI=1S/C18H21NO3S/c1-12-8-9-23-17(12)18(20)19(14-5-6-14)11-13-4-7-15(21-2)10-16(13)22-3/h4,7-10,14H,5-6,11H2,1-3H3. The van der Waals surface area contributed by atoms with Crippen molar-refractivity contribution in [3.05, 3.63) is 45.6 Å². The number of methoxy groups -OCH3 is 2. The Hall–Kier alpha value is -2.01. The van der Waals surface area contributed by atoms with Crippen LogP contribution < -0.4 is 9.47 Å². The first-order valence-electron chi connectivity index (χ1n) is 7.70. The van der Waals surface area contributed by atoms with E-state index >= 15 is 0 Å². The second kappa shape index (κ2) is 6.62. The minimum absolute atomic E-state index is 0.123. The van der Waals surface area contributed by atoms with Crippen LogP contribution in [0.5, 0.6) is 11.5 Å². The van der Waals surface area contributed by atoms with Crippen LogP contribution in [0.4, 0.5) is 0 Å². The van der Waals surface area contributed by atoms with Crippen LogP contribution in [0.15, 0.2) is 29.6 Å². The molecule has 0 aliphatic heterocycles. The monoisotopic (exact) mass is 331 g/mol. The van der Waals surface area contributed by atoms with Gasteiger partial charge in [-0.15, -0.1) is 11.3 Å². The summed E-state index contributed by atoms with van der Waals surface area (Å²) in [4.78, 5) is 15.7. The first-order chi connectivity index (χ1) is 11.1. The van der Waals surface area contributed by atoms with Gasteiger partial charge in [-0.1, -0.05) is 0 Å². The molecule has 3 rings (SSSR count). The van der Waals surface area contributed by atoms with Crippen LogP contribution in [0.1, 0.15) is 33.6 Å². The van der Waals surface area contributed by atoms with E-state index in [1.165, 1.54) is 11.3 Å². The van der Waals surface area contributed by atoms with E-state index in [4.69, 9.17) is 9.47 Å². The molecule has 0 N–H and O–H groups in total. The molecule has 0 saturated heterocycles. The molecule has 0 radical (unpaired) electrons. The van der Waals surface area contributed by atoms with Crippen LogP contribution in [0.2, 0.25) is 0 Å². The highest BCUT2D eigenvalue weighted by Crippen LogP contribution is 2.34. The van der Waals surface area contributed by atoms with Gasteiger partial charge in [-0.05, 0) is 48.9 Å². The van der Waals surface area contributed by atoms with Crippen molar-refractivity contribution in [2.75, 3.05) is 14.2 Å². The van der Waals surface area contributed by atoms with Crippen LogP contribution in [0.25, 0.3) is 0 Å². The lowest BCUT2D eigenvalue weighted by Gasteiger charge is -2.23. The summed E-state index contributed by atoms with van der Waals surface area (Å²) in [6.45, 7) is 2.55. The van der Waals surface area contributed by atoms with E-state index < -0.39 is 0 Å². The molecule has 4 nitrogen and oxygen atoms in total. The first kappa shape index (κ1) is 15.9. The Kier molecular flexibility index (Phi) is 4.57. The van der Waals surface area contributed by atoms with E-state index in [0.717, 1.165) is 40.3 Å². The van der Waals surface area contributed by atoms with Crippen molar-refractivity contribution in [3.63, 3.8) is 0 Å². The van der Waals surface area contributed by atoms with E-state index in [2.05, 4.69) is 0 Å². The van der Waals surface area contributed by atoms with Crippen molar-refractivity contribution < 1.29 is 14.3 Å². The van der Waals surface area contributed by atoms with Gasteiger partial charge in [-0.2, -0.15) is 0 Å². The van der Waals surface area contributed by atoms with Gasteiger partial charge in [0.15, 0.2) is 0 Å². The molecule has 0 atom stereocenters. The Labute approximate surface area is 140 Å². The summed E-state index contributed by atoms with van der Waals surface area (Å²) in [6.07, 6.45) is 2.16. The quantitative estimate of drug-likeness (QED) is 0.806. The topological polar surface area (TPSA) is 38.8 Å². The fourth-order valence-electron chi connectivity index (χ4n) is 2.64. The van der Waals surface area contributed by atoms with E-state index in [0.29, 0.717) is 12.6 Å². The van der Waals surface area contributed by atoms with Crippen LogP contribution in [-0.2, 0) is 6.54 Å². The Morgan fingerprint density at radius 2 is 2.04 bits per heavy atom. The van der Waals surface area contributed by atoms with E-state index in [9.17, 15) is 4.79 Å². The van der Waals surface area contributed by atoms with Crippen molar-refractivity contribution in [2.24, 2.45) is 0 Å². The normalized spacial score (nSPS) is 13.7. The summed E-state index contributed by atoms with van der Waals surface area (Å²) >= 11 is 1.52. The summed E-state index contributed by atoms with van der Waals surface area (Å²) in [7, 11) is 3.28. The second-order valence-electron chi connectivity index (χ2n) is 5.77. The molecular formula is C18H21NO3S. The second-order valence-corrected chi connectivity index (χ2v) is 6.69. The first-order valence-corrected chi connectivity index (χ1v) is 8.58. The van der Waals surface area contributed by atoms with Gasteiger partial charge in [0.05, 0.1) is 19.1 Å². The maximum absolute atomic E-state index is 12.9. The van der Waals surface area contributed by atoms with Crippen molar-refractivity contribution in [2.45, 2.75) is 32.4 Å². The summed E-state index contributed by atoms with van der Waals surface area (Å²) in [5.74, 6) is 1.63. The molecule has 122 valence electrons. The highest BCUT2D eigenvalue weighted by atomic mass is 32.1. The molecule has 1 heterocycles. The average Bonchev–Trinajstić information content (AvgIpc) is 3.32. The number of rotatable bonds is 6. The van der Waals surface area contributed by atoms with Crippen LogP contribution in [0, 0.1) is 6.92 Å². The number of benzene rings is 1. The summed E-state index contributed by atoms with van der Waals surface area (Å²) in [6, 6.07) is 8.08. The van der Waals surface area contributed by atoms with Crippen LogP contribution in [-0.4, -0.2) is 31.1 Å². The molecule has 23 heavy (non-hydrogen) atoms. The Morgan fingerprint density at radius 3 is 2.61 bits per heavy atom. The van der Waals surface area contributed by atoms with Crippen molar-refractivity contribution >= 4 is 17.2 Å². The van der Waals surface area contributed by atoms with Gasteiger partial charge < -0.3 is 14.4 Å². The zero-order chi connectivity index (χ0) is 16.4. The number of thiophene rings is 1. The third-order valence-corrected chi connectivity index (χ3v) is 5.14. The number of carbonyl (C=O) groups is 1. The number of aryl methyl sites for hydroxylation is 1. The lowest BCUT2D eigenvalue weighted by atomic mass is 10.1. The largest absolute Gasteiger partial charge is 0.497 e. The lowest BCUT2D eigenvalue weighted by molar-refractivity contribution is 0.0733. The maximum Gasteiger partial charge on any atom is 0.264 e. The van der Waals surface area contributed by atoms with Gasteiger partial charge in [0.1, 0.15) is 11.5 Å². The van der Waals surface area contributed by atoms with Crippen LogP contribution in [0.3, 0.4) is 0 Å². The van der Waals surface area contributed by atoms with Crippen molar-refractivity contribution in [1.82, 2.24) is 4.90 Å². The molecule has 5 heteroatoms. The van der Waals surface area contributed by atoms with E-state index in [1.807, 2.05) is 41.5 Å². The van der Waals surface area contributed by atoms with E-state index in [-0.39, 0.29) is 5.91 Å². The minimum Gasteiger partial charge on any atom is -0.497 e. The molecule has 2 aromatic rings. The molecule has 0 unspecified atom stereocenters. The molecule has 1 saturated carbocycles. The summed E-state index contributed by atoms with van der Waals surface area (Å²) in [5.41, 5.74) is 2.05. The van der Waals surface area contributed by atoms with Gasteiger partial charge in [-0.25, -0.2) is 0 Å². The third kappa shape index (κ3) is 3.34. The molecule has 0 spiro atoms. The summed E-state index contributed by atoms with van der Waals surface area (Å²) in [5, 5.41) is 1.97. The predicted molar refractivity (Wildman–Crippen MR) is 91.5 cm³/mol. The number of ether oxygens (including phenoxy) is 2. The molecule has 1 aromatic carbocycles. The smallest absolute Gasteiger partial charge is 0.264 e. The minimum atomic E-state index is 0.123. The summed E-state index contributed by atoms with van der Waals surface area (Å²) < 4.78 is 10.7.